The minimum Gasteiger partial charge on any atom is -0.491 e. The fourth-order valence-electron chi connectivity index (χ4n) is 3.06. The van der Waals surface area contributed by atoms with Gasteiger partial charge in [-0.25, -0.2) is 0 Å². The van der Waals surface area contributed by atoms with Gasteiger partial charge in [0.15, 0.2) is 0 Å². The highest BCUT2D eigenvalue weighted by molar-refractivity contribution is 5.85. The zero-order chi connectivity index (χ0) is 18.9. The van der Waals surface area contributed by atoms with Gasteiger partial charge in [-0.1, -0.05) is 68.8 Å². The third kappa shape index (κ3) is 7.17. The molecule has 0 fully saturated rings. The van der Waals surface area contributed by atoms with Gasteiger partial charge in [0, 0.05) is 12.6 Å². The minimum absolute atomic E-state index is 0. The van der Waals surface area contributed by atoms with Crippen LogP contribution in [0.1, 0.15) is 62.3 Å². The fourth-order valence-corrected chi connectivity index (χ4v) is 3.06. The molecule has 0 saturated heterocycles. The summed E-state index contributed by atoms with van der Waals surface area (Å²) in [4.78, 5) is 0. The SMILES string of the molecule is CCC(C)c1ccccc1OCC(O)CNC(CC)c1ccc(C)cc1.Cl. The van der Waals surface area contributed by atoms with E-state index in [1.165, 1.54) is 16.7 Å². The van der Waals surface area contributed by atoms with Gasteiger partial charge in [-0.2, -0.15) is 0 Å². The zero-order valence-corrected chi connectivity index (χ0v) is 17.8. The second kappa shape index (κ2) is 12.0. The van der Waals surface area contributed by atoms with Crippen LogP contribution >= 0.6 is 12.4 Å². The number of benzene rings is 2. The summed E-state index contributed by atoms with van der Waals surface area (Å²) >= 11 is 0. The lowest BCUT2D eigenvalue weighted by Gasteiger charge is -2.21. The van der Waals surface area contributed by atoms with Crippen molar-refractivity contribution in [2.75, 3.05) is 13.2 Å². The van der Waals surface area contributed by atoms with Gasteiger partial charge >= 0.3 is 0 Å². The van der Waals surface area contributed by atoms with Crippen LogP contribution in [0.5, 0.6) is 5.75 Å². The Hall–Kier alpha value is -1.55. The van der Waals surface area contributed by atoms with Crippen molar-refractivity contribution in [2.24, 2.45) is 0 Å². The molecule has 27 heavy (non-hydrogen) atoms. The molecule has 0 aliphatic heterocycles. The molecule has 0 radical (unpaired) electrons. The summed E-state index contributed by atoms with van der Waals surface area (Å²) < 4.78 is 5.92. The van der Waals surface area contributed by atoms with Gasteiger partial charge in [0.1, 0.15) is 18.5 Å². The van der Waals surface area contributed by atoms with Crippen LogP contribution in [0.25, 0.3) is 0 Å². The van der Waals surface area contributed by atoms with Gasteiger partial charge in [0.25, 0.3) is 0 Å². The van der Waals surface area contributed by atoms with Crippen LogP contribution in [-0.2, 0) is 0 Å². The van der Waals surface area contributed by atoms with E-state index >= 15 is 0 Å². The number of ether oxygens (including phenoxy) is 1. The van der Waals surface area contributed by atoms with Crippen LogP contribution in [0.2, 0.25) is 0 Å². The van der Waals surface area contributed by atoms with Crippen LogP contribution in [0, 0.1) is 6.92 Å². The van der Waals surface area contributed by atoms with E-state index < -0.39 is 6.10 Å². The van der Waals surface area contributed by atoms with Gasteiger partial charge in [0.2, 0.25) is 0 Å². The summed E-state index contributed by atoms with van der Waals surface area (Å²) in [6.07, 6.45) is 1.51. The number of aliphatic hydroxyl groups excluding tert-OH is 1. The van der Waals surface area contributed by atoms with Crippen molar-refractivity contribution in [3.63, 3.8) is 0 Å². The van der Waals surface area contributed by atoms with Crippen LogP contribution in [0.4, 0.5) is 0 Å². The van der Waals surface area contributed by atoms with Gasteiger partial charge in [-0.15, -0.1) is 12.4 Å². The van der Waals surface area contributed by atoms with Crippen molar-refractivity contribution < 1.29 is 9.84 Å². The first-order valence-electron chi connectivity index (χ1n) is 9.74. The number of aryl methyl sites for hydroxylation is 1. The lowest BCUT2D eigenvalue weighted by atomic mass is 9.98. The van der Waals surface area contributed by atoms with Gasteiger partial charge in [0.05, 0.1) is 0 Å². The van der Waals surface area contributed by atoms with Crippen molar-refractivity contribution in [3.8, 4) is 5.75 Å². The second-order valence-corrected chi connectivity index (χ2v) is 7.09. The highest BCUT2D eigenvalue weighted by Crippen LogP contribution is 2.28. The Bertz CT molecular complexity index is 660. The molecule has 0 amide bonds. The molecular formula is C23H34ClNO2. The Kier molecular flexibility index (Phi) is 10.5. The molecule has 4 heteroatoms. The maximum absolute atomic E-state index is 10.3. The van der Waals surface area contributed by atoms with E-state index in [-0.39, 0.29) is 18.4 Å². The molecule has 3 unspecified atom stereocenters. The molecule has 2 aromatic rings. The summed E-state index contributed by atoms with van der Waals surface area (Å²) in [6.45, 7) is 9.44. The highest BCUT2D eigenvalue weighted by Gasteiger charge is 2.14. The molecule has 0 aromatic heterocycles. The summed E-state index contributed by atoms with van der Waals surface area (Å²) in [6, 6.07) is 16.9. The predicted octanol–water partition coefficient (Wildman–Crippen LogP) is 5.41. The van der Waals surface area contributed by atoms with E-state index in [9.17, 15) is 5.11 Å². The van der Waals surface area contributed by atoms with Crippen molar-refractivity contribution in [1.29, 1.82) is 0 Å². The van der Waals surface area contributed by atoms with Crippen LogP contribution < -0.4 is 10.1 Å². The highest BCUT2D eigenvalue weighted by atomic mass is 35.5. The summed E-state index contributed by atoms with van der Waals surface area (Å²) in [5.74, 6) is 1.33. The number of halogens is 1. The lowest BCUT2D eigenvalue weighted by molar-refractivity contribution is 0.103. The van der Waals surface area contributed by atoms with E-state index in [2.05, 4.69) is 63.3 Å². The van der Waals surface area contributed by atoms with Crippen LogP contribution in [-0.4, -0.2) is 24.4 Å². The first kappa shape index (κ1) is 23.5. The van der Waals surface area contributed by atoms with E-state index in [0.29, 0.717) is 19.1 Å². The largest absolute Gasteiger partial charge is 0.491 e. The summed E-state index contributed by atoms with van der Waals surface area (Å²) in [5.41, 5.74) is 3.73. The predicted molar refractivity (Wildman–Crippen MR) is 116 cm³/mol. The quantitative estimate of drug-likeness (QED) is 0.568. The first-order valence-corrected chi connectivity index (χ1v) is 9.74. The van der Waals surface area contributed by atoms with E-state index in [0.717, 1.165) is 18.6 Å². The molecule has 3 nitrogen and oxygen atoms in total. The van der Waals surface area contributed by atoms with Crippen molar-refractivity contribution in [1.82, 2.24) is 5.32 Å². The molecule has 2 N–H and O–H groups in total. The fraction of sp³-hybridized carbons (Fsp3) is 0.478. The van der Waals surface area contributed by atoms with Crippen molar-refractivity contribution >= 4 is 12.4 Å². The molecule has 0 aliphatic carbocycles. The van der Waals surface area contributed by atoms with Gasteiger partial charge in [-0.3, -0.25) is 0 Å². The Labute approximate surface area is 170 Å². The van der Waals surface area contributed by atoms with Crippen molar-refractivity contribution in [2.45, 2.75) is 58.6 Å². The van der Waals surface area contributed by atoms with Gasteiger partial charge in [-0.05, 0) is 42.9 Å². The number of hydrogen-bond acceptors (Lipinski definition) is 3. The van der Waals surface area contributed by atoms with Crippen molar-refractivity contribution in [3.05, 3.63) is 65.2 Å². The molecule has 0 bridgehead atoms. The smallest absolute Gasteiger partial charge is 0.122 e. The summed E-state index contributed by atoms with van der Waals surface area (Å²) in [7, 11) is 0. The molecule has 0 heterocycles. The third-order valence-corrected chi connectivity index (χ3v) is 4.98. The Morgan fingerprint density at radius 3 is 2.30 bits per heavy atom. The number of rotatable bonds is 10. The first-order chi connectivity index (χ1) is 12.5. The van der Waals surface area contributed by atoms with Crippen LogP contribution in [0.3, 0.4) is 0 Å². The molecule has 2 aromatic carbocycles. The molecule has 3 atom stereocenters. The van der Waals surface area contributed by atoms with E-state index in [1.807, 2.05) is 18.2 Å². The average Bonchev–Trinajstić information content (AvgIpc) is 2.67. The topological polar surface area (TPSA) is 41.5 Å². The lowest BCUT2D eigenvalue weighted by Crippen LogP contribution is -2.33. The number of nitrogens with one attached hydrogen (secondary N) is 1. The minimum atomic E-state index is -0.542. The van der Waals surface area contributed by atoms with Crippen LogP contribution in [0.15, 0.2) is 48.5 Å². The molecule has 0 saturated carbocycles. The van der Waals surface area contributed by atoms with E-state index in [4.69, 9.17) is 4.74 Å². The number of para-hydroxylation sites is 1. The zero-order valence-electron chi connectivity index (χ0n) is 16.9. The molecule has 2 rings (SSSR count). The molecule has 0 aliphatic rings. The van der Waals surface area contributed by atoms with Gasteiger partial charge < -0.3 is 15.2 Å². The third-order valence-electron chi connectivity index (χ3n) is 4.98. The second-order valence-electron chi connectivity index (χ2n) is 7.09. The monoisotopic (exact) mass is 391 g/mol. The number of aliphatic hydroxyl groups is 1. The molecule has 150 valence electrons. The summed E-state index contributed by atoms with van der Waals surface area (Å²) in [5, 5.41) is 13.8. The molecular weight excluding hydrogens is 358 g/mol. The normalized spacial score (nSPS) is 14.1. The Balaban J connectivity index is 0.00000364. The standard InChI is InChI=1S/C23H33NO2.ClH/c1-5-18(4)21-9-7-8-10-23(21)26-16-20(25)15-24-22(6-2)19-13-11-17(3)12-14-19;/h7-14,18,20,22,24-25H,5-6,15-16H2,1-4H3;1H. The Morgan fingerprint density at radius 2 is 1.67 bits per heavy atom. The average molecular weight is 392 g/mol. The van der Waals surface area contributed by atoms with E-state index in [1.54, 1.807) is 0 Å². The number of hydrogen-bond donors (Lipinski definition) is 2. The Morgan fingerprint density at radius 1 is 1.00 bits per heavy atom. The maximum atomic E-state index is 10.3. The molecule has 0 spiro atoms. The maximum Gasteiger partial charge on any atom is 0.122 e.